The average Bonchev–Trinajstić information content (AvgIpc) is 2.45. The van der Waals surface area contributed by atoms with Gasteiger partial charge in [-0.1, -0.05) is 30.3 Å². The molecule has 0 saturated carbocycles. The summed E-state index contributed by atoms with van der Waals surface area (Å²) in [5.41, 5.74) is 6.48. The van der Waals surface area contributed by atoms with E-state index in [2.05, 4.69) is 0 Å². The van der Waals surface area contributed by atoms with Gasteiger partial charge in [0.05, 0.1) is 0 Å². The molecule has 2 N–H and O–H groups in total. The largest absolute Gasteiger partial charge is 0.489 e. The van der Waals surface area contributed by atoms with Crippen molar-refractivity contribution in [3.05, 3.63) is 59.7 Å². The van der Waals surface area contributed by atoms with E-state index < -0.39 is 6.09 Å². The van der Waals surface area contributed by atoms with Crippen LogP contribution in [0.15, 0.2) is 48.5 Å². The van der Waals surface area contributed by atoms with Gasteiger partial charge in [-0.3, -0.25) is 4.79 Å². The summed E-state index contributed by atoms with van der Waals surface area (Å²) in [4.78, 5) is 21.2. The second kappa shape index (κ2) is 6.38. The summed E-state index contributed by atoms with van der Waals surface area (Å²) in [5, 5.41) is 0. The van der Waals surface area contributed by atoms with Crippen LogP contribution in [0.4, 0.5) is 4.79 Å². The highest BCUT2D eigenvalue weighted by Gasteiger charge is 2.02. The Kier molecular flexibility index (Phi) is 4.34. The fourth-order valence-electron chi connectivity index (χ4n) is 1.60. The van der Waals surface area contributed by atoms with Crippen molar-refractivity contribution in [2.45, 2.75) is 6.61 Å². The first-order chi connectivity index (χ1) is 9.67. The van der Waals surface area contributed by atoms with Crippen LogP contribution in [-0.4, -0.2) is 12.4 Å². The molecule has 0 heterocycles. The molecule has 0 aliphatic rings. The lowest BCUT2D eigenvalue weighted by Gasteiger charge is -2.08. The number of rotatable bonds is 5. The quantitative estimate of drug-likeness (QED) is 0.847. The predicted octanol–water partition coefficient (Wildman–Crippen LogP) is 2.54. The molecule has 2 aromatic rings. The van der Waals surface area contributed by atoms with Crippen LogP contribution in [0, 0.1) is 0 Å². The fourth-order valence-corrected chi connectivity index (χ4v) is 1.60. The summed E-state index contributed by atoms with van der Waals surface area (Å²) in [6.45, 7) is 0.346. The summed E-state index contributed by atoms with van der Waals surface area (Å²) in [7, 11) is 0. The highest BCUT2D eigenvalue weighted by Crippen LogP contribution is 2.20. The van der Waals surface area contributed by atoms with Crippen molar-refractivity contribution in [2.24, 2.45) is 5.73 Å². The number of carbonyl (C=O) groups excluding carboxylic acids is 2. The Hall–Kier alpha value is -2.82. The van der Waals surface area contributed by atoms with Crippen molar-refractivity contribution in [3.8, 4) is 11.5 Å². The van der Waals surface area contributed by atoms with Gasteiger partial charge >= 0.3 is 6.09 Å². The highest BCUT2D eigenvalue weighted by molar-refractivity contribution is 5.74. The van der Waals surface area contributed by atoms with E-state index >= 15 is 0 Å². The molecule has 0 aromatic heterocycles. The number of aldehydes is 1. The lowest BCUT2D eigenvalue weighted by molar-refractivity contribution is 0.112. The second-order valence-electron chi connectivity index (χ2n) is 4.04. The van der Waals surface area contributed by atoms with Gasteiger partial charge in [-0.15, -0.1) is 0 Å². The number of nitrogens with two attached hydrogens (primary N) is 1. The SMILES string of the molecule is NC(=O)Oc1cccc(OCc2ccc(C=O)cc2)c1. The molecule has 1 amide bonds. The van der Waals surface area contributed by atoms with Gasteiger partial charge in [0, 0.05) is 11.6 Å². The van der Waals surface area contributed by atoms with E-state index in [1.165, 1.54) is 0 Å². The molecule has 0 spiro atoms. The Morgan fingerprint density at radius 3 is 2.45 bits per heavy atom. The van der Waals surface area contributed by atoms with Gasteiger partial charge in [0.15, 0.2) is 0 Å². The number of hydrogen-bond acceptors (Lipinski definition) is 4. The number of benzene rings is 2. The van der Waals surface area contributed by atoms with Crippen molar-refractivity contribution in [1.82, 2.24) is 0 Å². The van der Waals surface area contributed by atoms with E-state index in [1.54, 1.807) is 36.4 Å². The maximum atomic E-state index is 10.7. The molecule has 0 bridgehead atoms. The summed E-state index contributed by atoms with van der Waals surface area (Å²) in [6, 6.07) is 13.7. The summed E-state index contributed by atoms with van der Waals surface area (Å²) >= 11 is 0. The maximum absolute atomic E-state index is 10.7. The van der Waals surface area contributed by atoms with Gasteiger partial charge < -0.3 is 15.2 Å². The molecule has 0 radical (unpaired) electrons. The standard InChI is InChI=1S/C15H13NO4/c16-15(18)20-14-3-1-2-13(8-14)19-10-12-6-4-11(9-17)5-7-12/h1-9H,10H2,(H2,16,18). The van der Waals surface area contributed by atoms with Crippen molar-refractivity contribution >= 4 is 12.4 Å². The second-order valence-corrected chi connectivity index (χ2v) is 4.04. The topological polar surface area (TPSA) is 78.6 Å². The van der Waals surface area contributed by atoms with Crippen LogP contribution in [0.5, 0.6) is 11.5 Å². The number of carbonyl (C=O) groups is 2. The van der Waals surface area contributed by atoms with Crippen LogP contribution in [0.25, 0.3) is 0 Å². The highest BCUT2D eigenvalue weighted by atomic mass is 16.5. The summed E-state index contributed by atoms with van der Waals surface area (Å²) < 4.78 is 10.3. The molecule has 20 heavy (non-hydrogen) atoms. The zero-order valence-corrected chi connectivity index (χ0v) is 10.6. The van der Waals surface area contributed by atoms with Gasteiger partial charge in [-0.05, 0) is 17.7 Å². The van der Waals surface area contributed by atoms with Crippen LogP contribution in [0.2, 0.25) is 0 Å². The van der Waals surface area contributed by atoms with Crippen molar-refractivity contribution in [3.63, 3.8) is 0 Å². The molecule has 5 heteroatoms. The van der Waals surface area contributed by atoms with E-state index in [-0.39, 0.29) is 0 Å². The smallest absolute Gasteiger partial charge is 0.409 e. The molecule has 2 aromatic carbocycles. The third-order valence-corrected chi connectivity index (χ3v) is 2.55. The van der Waals surface area contributed by atoms with E-state index in [1.807, 2.05) is 12.1 Å². The Morgan fingerprint density at radius 2 is 1.80 bits per heavy atom. The molecule has 5 nitrogen and oxygen atoms in total. The molecule has 2 rings (SSSR count). The molecule has 0 atom stereocenters. The normalized spacial score (nSPS) is 9.80. The Balaban J connectivity index is 1.99. The molecule has 102 valence electrons. The van der Waals surface area contributed by atoms with Crippen molar-refractivity contribution < 1.29 is 19.1 Å². The first-order valence-corrected chi connectivity index (χ1v) is 5.91. The molecule has 0 saturated heterocycles. The van der Waals surface area contributed by atoms with Gasteiger partial charge in [0.1, 0.15) is 24.4 Å². The third-order valence-electron chi connectivity index (χ3n) is 2.55. The van der Waals surface area contributed by atoms with Crippen LogP contribution < -0.4 is 15.2 Å². The zero-order chi connectivity index (χ0) is 14.4. The Labute approximate surface area is 115 Å². The molecule has 0 aliphatic heterocycles. The Bertz CT molecular complexity index is 608. The number of amides is 1. The third kappa shape index (κ3) is 3.84. The average molecular weight is 271 g/mol. The first kappa shape index (κ1) is 13.6. The number of primary amides is 1. The molecule has 0 fully saturated rings. The number of ether oxygens (including phenoxy) is 2. The van der Waals surface area contributed by atoms with Gasteiger partial charge in [0.2, 0.25) is 0 Å². The summed E-state index contributed by atoms with van der Waals surface area (Å²) in [5.74, 6) is 0.884. The van der Waals surface area contributed by atoms with E-state index in [0.29, 0.717) is 23.7 Å². The predicted molar refractivity (Wildman–Crippen MR) is 72.8 cm³/mol. The van der Waals surface area contributed by atoms with E-state index in [0.717, 1.165) is 11.8 Å². The zero-order valence-electron chi connectivity index (χ0n) is 10.6. The van der Waals surface area contributed by atoms with Crippen LogP contribution in [0.3, 0.4) is 0 Å². The first-order valence-electron chi connectivity index (χ1n) is 5.91. The molecular weight excluding hydrogens is 258 g/mol. The minimum Gasteiger partial charge on any atom is -0.489 e. The Morgan fingerprint density at radius 1 is 1.10 bits per heavy atom. The van der Waals surface area contributed by atoms with E-state index in [9.17, 15) is 9.59 Å². The van der Waals surface area contributed by atoms with Crippen LogP contribution >= 0.6 is 0 Å². The van der Waals surface area contributed by atoms with Crippen molar-refractivity contribution in [1.29, 1.82) is 0 Å². The van der Waals surface area contributed by atoms with E-state index in [4.69, 9.17) is 15.2 Å². The maximum Gasteiger partial charge on any atom is 0.409 e. The van der Waals surface area contributed by atoms with Gasteiger partial charge in [0.25, 0.3) is 0 Å². The monoisotopic (exact) mass is 271 g/mol. The lowest BCUT2D eigenvalue weighted by Crippen LogP contribution is -2.16. The van der Waals surface area contributed by atoms with Gasteiger partial charge in [-0.2, -0.15) is 0 Å². The lowest BCUT2D eigenvalue weighted by atomic mass is 10.2. The van der Waals surface area contributed by atoms with Crippen molar-refractivity contribution in [2.75, 3.05) is 0 Å². The molecule has 0 unspecified atom stereocenters. The van der Waals surface area contributed by atoms with Gasteiger partial charge in [-0.25, -0.2) is 4.79 Å². The van der Waals surface area contributed by atoms with Crippen LogP contribution in [-0.2, 0) is 6.61 Å². The van der Waals surface area contributed by atoms with Crippen LogP contribution in [0.1, 0.15) is 15.9 Å². The molecule has 0 aliphatic carbocycles. The minimum absolute atomic E-state index is 0.325. The molecular formula is C15H13NO4. The minimum atomic E-state index is -0.869. The summed E-state index contributed by atoms with van der Waals surface area (Å²) in [6.07, 6.45) is -0.0819. The fraction of sp³-hybridized carbons (Fsp3) is 0.0667. The number of hydrogen-bond donors (Lipinski definition) is 1.